The maximum absolute atomic E-state index is 14.5. The minimum absolute atomic E-state index is 0.0520. The van der Waals surface area contributed by atoms with E-state index in [1.807, 2.05) is 13.0 Å². The first kappa shape index (κ1) is 16.6. The topological polar surface area (TPSA) is 76.7 Å². The Bertz CT molecular complexity index is 884. The third kappa shape index (κ3) is 2.71. The molecule has 0 aromatic heterocycles. The monoisotopic (exact) mass is 353 g/mol. The highest BCUT2D eigenvalue weighted by Crippen LogP contribution is 2.49. The Morgan fingerprint density at radius 1 is 1.27 bits per heavy atom. The molecule has 2 aliphatic rings. The number of rotatable bonds is 2. The molecule has 134 valence electrons. The van der Waals surface area contributed by atoms with Crippen molar-refractivity contribution in [3.63, 3.8) is 0 Å². The van der Waals surface area contributed by atoms with Gasteiger partial charge in [0.1, 0.15) is 11.9 Å². The van der Waals surface area contributed by atoms with Crippen molar-refractivity contribution in [3.8, 4) is 0 Å². The smallest absolute Gasteiger partial charge is 0.292 e. The summed E-state index contributed by atoms with van der Waals surface area (Å²) in [6.07, 6.45) is 1.65. The van der Waals surface area contributed by atoms with Crippen molar-refractivity contribution in [1.82, 2.24) is 5.32 Å². The van der Waals surface area contributed by atoms with Crippen LogP contribution in [0.4, 0.5) is 10.1 Å². The Hall–Kier alpha value is -2.89. The number of nitrogens with one attached hydrogen (secondary N) is 1. The van der Waals surface area contributed by atoms with Gasteiger partial charge in [-0.15, -0.1) is 0 Å². The predicted octanol–water partition coefficient (Wildman–Crippen LogP) is 3.22. The van der Waals surface area contributed by atoms with Crippen LogP contribution < -0.4 is 11.1 Å². The molecule has 3 unspecified atom stereocenters. The zero-order valence-corrected chi connectivity index (χ0v) is 14.4. The largest absolute Gasteiger partial charge is 0.461 e. The highest BCUT2D eigenvalue weighted by molar-refractivity contribution is 6.04. The summed E-state index contributed by atoms with van der Waals surface area (Å²) < 4.78 is 20.4. The second kappa shape index (κ2) is 6.12. The molecule has 2 aromatic carbocycles. The van der Waals surface area contributed by atoms with E-state index in [-0.39, 0.29) is 29.8 Å². The van der Waals surface area contributed by atoms with Crippen LogP contribution in [0.2, 0.25) is 0 Å². The molecule has 0 saturated heterocycles. The van der Waals surface area contributed by atoms with Crippen LogP contribution in [0.15, 0.2) is 53.5 Å². The van der Waals surface area contributed by atoms with Gasteiger partial charge in [0.25, 0.3) is 11.9 Å². The Morgan fingerprint density at radius 2 is 2.04 bits per heavy atom. The quantitative estimate of drug-likeness (QED) is 0.814. The summed E-state index contributed by atoms with van der Waals surface area (Å²) in [5.41, 5.74) is 6.45. The number of carbonyl (C=O) groups excluding carboxylic acids is 1. The molecule has 0 bridgehead atoms. The normalized spacial score (nSPS) is 26.8. The van der Waals surface area contributed by atoms with Crippen LogP contribution in [-0.2, 0) is 10.3 Å². The molecule has 1 amide bonds. The first-order valence-electron chi connectivity index (χ1n) is 8.66. The first-order valence-corrected chi connectivity index (χ1v) is 8.66. The summed E-state index contributed by atoms with van der Waals surface area (Å²) in [7, 11) is 0. The highest BCUT2D eigenvalue weighted by atomic mass is 19.1. The molecule has 1 fully saturated rings. The van der Waals surface area contributed by atoms with E-state index in [1.165, 1.54) is 12.1 Å². The van der Waals surface area contributed by atoms with Crippen molar-refractivity contribution in [3.05, 3.63) is 65.5 Å². The molecule has 1 aliphatic heterocycles. The van der Waals surface area contributed by atoms with Gasteiger partial charge in [0.2, 0.25) is 0 Å². The molecule has 0 radical (unpaired) electrons. The van der Waals surface area contributed by atoms with Gasteiger partial charge in [-0.2, -0.15) is 0 Å². The lowest BCUT2D eigenvalue weighted by atomic mass is 9.66. The van der Waals surface area contributed by atoms with Gasteiger partial charge in [0, 0.05) is 22.7 Å². The maximum Gasteiger partial charge on any atom is 0.292 e. The zero-order valence-electron chi connectivity index (χ0n) is 14.4. The number of ether oxygens (including phenoxy) is 1. The number of nitrogens with two attached hydrogens (primary N) is 1. The number of hydrogen-bond donors (Lipinski definition) is 2. The van der Waals surface area contributed by atoms with Crippen molar-refractivity contribution < 1.29 is 13.9 Å². The lowest BCUT2D eigenvalue weighted by Gasteiger charge is -2.49. The Kier molecular flexibility index (Phi) is 3.90. The number of hydrogen-bond acceptors (Lipinski definition) is 4. The van der Waals surface area contributed by atoms with Crippen molar-refractivity contribution >= 4 is 17.6 Å². The molecule has 6 heteroatoms. The molecule has 5 nitrogen and oxygen atoms in total. The van der Waals surface area contributed by atoms with Crippen LogP contribution in [0.25, 0.3) is 0 Å². The van der Waals surface area contributed by atoms with Gasteiger partial charge >= 0.3 is 0 Å². The van der Waals surface area contributed by atoms with Crippen LogP contribution in [0, 0.1) is 11.7 Å². The number of halogens is 1. The molecule has 26 heavy (non-hydrogen) atoms. The molecule has 0 spiro atoms. The molecular formula is C20H20FN3O2. The van der Waals surface area contributed by atoms with E-state index in [0.29, 0.717) is 16.8 Å². The van der Waals surface area contributed by atoms with Crippen LogP contribution >= 0.6 is 0 Å². The summed E-state index contributed by atoms with van der Waals surface area (Å²) in [5, 5.41) is 2.71. The van der Waals surface area contributed by atoms with Gasteiger partial charge in [-0.1, -0.05) is 18.2 Å². The summed E-state index contributed by atoms with van der Waals surface area (Å²) in [5.74, 6) is -0.611. The first-order chi connectivity index (χ1) is 12.5. The van der Waals surface area contributed by atoms with Crippen LogP contribution in [0.3, 0.4) is 0 Å². The average molecular weight is 353 g/mol. The van der Waals surface area contributed by atoms with E-state index in [2.05, 4.69) is 10.3 Å². The van der Waals surface area contributed by atoms with E-state index >= 15 is 0 Å². The van der Waals surface area contributed by atoms with Crippen molar-refractivity contribution in [2.75, 3.05) is 5.73 Å². The van der Waals surface area contributed by atoms with E-state index in [0.717, 1.165) is 12.8 Å². The second-order valence-corrected chi connectivity index (χ2v) is 6.96. The predicted molar refractivity (Wildman–Crippen MR) is 97.1 cm³/mol. The fourth-order valence-corrected chi connectivity index (χ4v) is 3.72. The van der Waals surface area contributed by atoms with Crippen molar-refractivity contribution in [2.24, 2.45) is 10.9 Å². The molecular weight excluding hydrogens is 333 g/mol. The van der Waals surface area contributed by atoms with Gasteiger partial charge in [-0.3, -0.25) is 10.1 Å². The number of anilines is 1. The van der Waals surface area contributed by atoms with Crippen LogP contribution in [0.5, 0.6) is 0 Å². The summed E-state index contributed by atoms with van der Waals surface area (Å²) in [6.45, 7) is 1.87. The zero-order chi connectivity index (χ0) is 18.3. The number of nitrogens with zero attached hydrogens (tertiary/aromatic N) is 1. The Labute approximate surface area is 151 Å². The van der Waals surface area contributed by atoms with Gasteiger partial charge < -0.3 is 10.5 Å². The van der Waals surface area contributed by atoms with Crippen LogP contribution in [-0.4, -0.2) is 18.0 Å². The Morgan fingerprint density at radius 3 is 2.73 bits per heavy atom. The number of amides is 1. The Balaban J connectivity index is 1.69. The van der Waals surface area contributed by atoms with Gasteiger partial charge in [-0.25, -0.2) is 9.38 Å². The third-order valence-corrected chi connectivity index (χ3v) is 5.32. The van der Waals surface area contributed by atoms with Crippen molar-refractivity contribution in [2.45, 2.75) is 31.4 Å². The fourth-order valence-electron chi connectivity index (χ4n) is 3.72. The molecule has 1 heterocycles. The van der Waals surface area contributed by atoms with E-state index in [1.54, 1.807) is 30.3 Å². The summed E-state index contributed by atoms with van der Waals surface area (Å²) in [4.78, 5) is 17.0. The van der Waals surface area contributed by atoms with Gasteiger partial charge in [-0.05, 0) is 50.1 Å². The average Bonchev–Trinajstić information content (AvgIpc) is 2.60. The molecule has 1 aliphatic carbocycles. The lowest BCUT2D eigenvalue weighted by molar-refractivity contribution is -0.0318. The lowest BCUT2D eigenvalue weighted by Crippen LogP contribution is -2.54. The van der Waals surface area contributed by atoms with E-state index in [9.17, 15) is 9.18 Å². The number of aliphatic imine (C=N–C) groups is 1. The number of fused-ring (bicyclic) bond motifs is 1. The third-order valence-electron chi connectivity index (χ3n) is 5.32. The number of carbonyl (C=O) groups is 1. The molecule has 4 rings (SSSR count). The summed E-state index contributed by atoms with van der Waals surface area (Å²) in [6, 6.07) is 13.5. The van der Waals surface area contributed by atoms with E-state index in [4.69, 9.17) is 10.5 Å². The summed E-state index contributed by atoms with van der Waals surface area (Å²) >= 11 is 0. The fraction of sp³-hybridized carbons (Fsp3) is 0.300. The SMILES string of the molecule is CC1(c2cc(N)ccc2F)N=C(NC(=O)c2ccccc2)OC2CCC21. The van der Waals surface area contributed by atoms with Gasteiger partial charge in [0.15, 0.2) is 0 Å². The van der Waals surface area contributed by atoms with Crippen molar-refractivity contribution in [1.29, 1.82) is 0 Å². The standard InChI is InChI=1S/C20H20FN3O2/c1-20(15-11-13(22)7-9-16(15)21)14-8-10-17(14)26-19(24-20)23-18(25)12-5-3-2-4-6-12/h2-7,9,11,14,17H,8,10,22H2,1H3,(H,23,24,25). The molecule has 1 saturated carbocycles. The molecule has 2 aromatic rings. The number of nitrogen functional groups attached to an aromatic ring is 1. The minimum atomic E-state index is -0.833. The maximum atomic E-state index is 14.5. The highest BCUT2D eigenvalue weighted by Gasteiger charge is 2.52. The van der Waals surface area contributed by atoms with E-state index < -0.39 is 5.54 Å². The second-order valence-electron chi connectivity index (χ2n) is 6.96. The minimum Gasteiger partial charge on any atom is -0.461 e. The molecule has 3 N–H and O–H groups in total. The molecule has 3 atom stereocenters. The number of amidine groups is 1. The van der Waals surface area contributed by atoms with Gasteiger partial charge in [0.05, 0.1) is 5.54 Å². The van der Waals surface area contributed by atoms with Crippen LogP contribution in [0.1, 0.15) is 35.7 Å². The number of benzene rings is 2.